The Labute approximate surface area is 125 Å². The summed E-state index contributed by atoms with van der Waals surface area (Å²) in [6.45, 7) is 3.07. The maximum absolute atomic E-state index is 12.3. The number of amides is 1. The summed E-state index contributed by atoms with van der Waals surface area (Å²) in [6.07, 6.45) is 6.36. The predicted octanol–water partition coefficient (Wildman–Crippen LogP) is 2.12. The molecule has 1 aliphatic heterocycles. The van der Waals surface area contributed by atoms with Gasteiger partial charge in [0.1, 0.15) is 0 Å². The third kappa shape index (κ3) is 3.60. The number of piperidine rings is 1. The number of carbonyl (C=O) groups is 2. The molecule has 0 bridgehead atoms. The maximum atomic E-state index is 12.3. The van der Waals surface area contributed by atoms with E-state index in [0.29, 0.717) is 38.8 Å². The standard InChI is InChI=1S/C16H22N2O3/c1-2-5-16(15(20)21)6-9-18(10-7-16)14(19)11-13-4-3-8-17-12-13/h3-4,8,12H,2,5-7,9-11H2,1H3,(H,20,21). The molecular weight excluding hydrogens is 268 g/mol. The summed E-state index contributed by atoms with van der Waals surface area (Å²) < 4.78 is 0. The molecule has 0 unspecified atom stereocenters. The summed E-state index contributed by atoms with van der Waals surface area (Å²) in [5.74, 6) is -0.665. The first kappa shape index (κ1) is 15.5. The third-order valence-electron chi connectivity index (χ3n) is 4.33. The second kappa shape index (κ2) is 6.70. The molecule has 0 spiro atoms. The van der Waals surface area contributed by atoms with Crippen LogP contribution in [-0.2, 0) is 16.0 Å². The van der Waals surface area contributed by atoms with E-state index < -0.39 is 11.4 Å². The van der Waals surface area contributed by atoms with Crippen molar-refractivity contribution in [3.63, 3.8) is 0 Å². The molecule has 1 N–H and O–H groups in total. The van der Waals surface area contributed by atoms with E-state index >= 15 is 0 Å². The van der Waals surface area contributed by atoms with Crippen molar-refractivity contribution >= 4 is 11.9 Å². The number of rotatable bonds is 5. The summed E-state index contributed by atoms with van der Waals surface area (Å²) >= 11 is 0. The van der Waals surface area contributed by atoms with Crippen LogP contribution in [0.1, 0.15) is 38.2 Å². The molecule has 2 rings (SSSR count). The number of carbonyl (C=O) groups excluding carboxylic acids is 1. The minimum Gasteiger partial charge on any atom is -0.481 e. The van der Waals surface area contributed by atoms with Gasteiger partial charge in [-0.05, 0) is 30.9 Å². The number of likely N-dealkylation sites (tertiary alicyclic amines) is 1. The molecule has 0 radical (unpaired) electrons. The van der Waals surface area contributed by atoms with E-state index in [9.17, 15) is 14.7 Å². The van der Waals surface area contributed by atoms with Crippen molar-refractivity contribution in [1.82, 2.24) is 9.88 Å². The van der Waals surface area contributed by atoms with Crippen molar-refractivity contribution in [3.8, 4) is 0 Å². The van der Waals surface area contributed by atoms with Gasteiger partial charge in [-0.25, -0.2) is 0 Å². The summed E-state index contributed by atoms with van der Waals surface area (Å²) in [7, 11) is 0. The summed E-state index contributed by atoms with van der Waals surface area (Å²) in [4.78, 5) is 29.6. The van der Waals surface area contributed by atoms with Gasteiger partial charge < -0.3 is 10.0 Å². The van der Waals surface area contributed by atoms with Gasteiger partial charge in [0.15, 0.2) is 0 Å². The van der Waals surface area contributed by atoms with E-state index in [2.05, 4.69) is 4.98 Å². The number of pyridine rings is 1. The second-order valence-corrected chi connectivity index (χ2v) is 5.75. The van der Waals surface area contributed by atoms with E-state index in [1.54, 1.807) is 17.3 Å². The van der Waals surface area contributed by atoms with Crippen molar-refractivity contribution < 1.29 is 14.7 Å². The Morgan fingerprint density at radius 3 is 2.62 bits per heavy atom. The molecule has 0 aromatic carbocycles. The van der Waals surface area contributed by atoms with E-state index in [1.807, 2.05) is 19.1 Å². The van der Waals surface area contributed by atoms with Crippen LogP contribution in [0.5, 0.6) is 0 Å². The Morgan fingerprint density at radius 2 is 2.10 bits per heavy atom. The third-order valence-corrected chi connectivity index (χ3v) is 4.33. The molecule has 0 saturated carbocycles. The second-order valence-electron chi connectivity index (χ2n) is 5.75. The van der Waals surface area contributed by atoms with Gasteiger partial charge in [-0.2, -0.15) is 0 Å². The molecule has 1 fully saturated rings. The number of aliphatic carboxylic acids is 1. The average Bonchev–Trinajstić information content (AvgIpc) is 2.49. The highest BCUT2D eigenvalue weighted by molar-refractivity contribution is 5.80. The quantitative estimate of drug-likeness (QED) is 0.901. The zero-order chi connectivity index (χ0) is 15.3. The van der Waals surface area contributed by atoms with Crippen LogP contribution in [0.25, 0.3) is 0 Å². The molecule has 0 atom stereocenters. The van der Waals surface area contributed by atoms with Crippen molar-refractivity contribution in [3.05, 3.63) is 30.1 Å². The first-order valence-corrected chi connectivity index (χ1v) is 7.47. The SMILES string of the molecule is CCCC1(C(=O)O)CCN(C(=O)Cc2cccnc2)CC1. The first-order valence-electron chi connectivity index (χ1n) is 7.47. The number of carboxylic acid groups (broad SMARTS) is 1. The lowest BCUT2D eigenvalue weighted by molar-refractivity contribution is -0.154. The van der Waals surface area contributed by atoms with E-state index in [0.717, 1.165) is 12.0 Å². The minimum absolute atomic E-state index is 0.0542. The molecule has 0 aliphatic carbocycles. The van der Waals surface area contributed by atoms with Gasteiger partial charge >= 0.3 is 5.97 Å². The fourth-order valence-corrected chi connectivity index (χ4v) is 3.02. The van der Waals surface area contributed by atoms with Gasteiger partial charge in [0, 0.05) is 25.5 Å². The molecule has 1 aliphatic rings. The zero-order valence-corrected chi connectivity index (χ0v) is 12.4. The molecule has 1 saturated heterocycles. The van der Waals surface area contributed by atoms with Gasteiger partial charge in [-0.3, -0.25) is 14.6 Å². The number of hydrogen-bond acceptors (Lipinski definition) is 3. The first-order chi connectivity index (χ1) is 10.1. The topological polar surface area (TPSA) is 70.5 Å². The largest absolute Gasteiger partial charge is 0.481 e. The van der Waals surface area contributed by atoms with Crippen molar-refractivity contribution in [2.75, 3.05) is 13.1 Å². The van der Waals surface area contributed by atoms with Gasteiger partial charge in [-0.15, -0.1) is 0 Å². The Balaban J connectivity index is 1.94. The van der Waals surface area contributed by atoms with Crippen LogP contribution in [0, 0.1) is 5.41 Å². The predicted molar refractivity (Wildman–Crippen MR) is 78.7 cm³/mol. The Kier molecular flexibility index (Phi) is 4.94. The molecule has 5 heteroatoms. The van der Waals surface area contributed by atoms with Crippen molar-refractivity contribution in [2.45, 2.75) is 39.0 Å². The fraction of sp³-hybridized carbons (Fsp3) is 0.562. The lowest BCUT2D eigenvalue weighted by atomic mass is 9.75. The smallest absolute Gasteiger partial charge is 0.309 e. The molecular formula is C16H22N2O3. The van der Waals surface area contributed by atoms with Gasteiger partial charge in [0.05, 0.1) is 11.8 Å². The molecule has 1 aromatic heterocycles. The maximum Gasteiger partial charge on any atom is 0.309 e. The van der Waals surface area contributed by atoms with E-state index in [4.69, 9.17) is 0 Å². The van der Waals surface area contributed by atoms with Crippen molar-refractivity contribution in [1.29, 1.82) is 0 Å². The van der Waals surface area contributed by atoms with Gasteiger partial charge in [0.25, 0.3) is 0 Å². The summed E-state index contributed by atoms with van der Waals surface area (Å²) in [5, 5.41) is 9.47. The number of hydrogen-bond donors (Lipinski definition) is 1. The van der Waals surface area contributed by atoms with Crippen LogP contribution in [0.4, 0.5) is 0 Å². The number of carboxylic acids is 1. The molecule has 21 heavy (non-hydrogen) atoms. The van der Waals surface area contributed by atoms with Crippen LogP contribution in [0.3, 0.4) is 0 Å². The Morgan fingerprint density at radius 1 is 1.38 bits per heavy atom. The van der Waals surface area contributed by atoms with Crippen LogP contribution < -0.4 is 0 Å². The van der Waals surface area contributed by atoms with Crippen LogP contribution in [0.15, 0.2) is 24.5 Å². The lowest BCUT2D eigenvalue weighted by Gasteiger charge is -2.38. The Hall–Kier alpha value is -1.91. The van der Waals surface area contributed by atoms with E-state index in [-0.39, 0.29) is 5.91 Å². The van der Waals surface area contributed by atoms with Crippen LogP contribution in [0.2, 0.25) is 0 Å². The molecule has 2 heterocycles. The summed E-state index contributed by atoms with van der Waals surface area (Å²) in [5.41, 5.74) is 0.256. The highest BCUT2D eigenvalue weighted by Crippen LogP contribution is 2.36. The molecule has 5 nitrogen and oxygen atoms in total. The van der Waals surface area contributed by atoms with Crippen LogP contribution >= 0.6 is 0 Å². The average molecular weight is 290 g/mol. The monoisotopic (exact) mass is 290 g/mol. The zero-order valence-electron chi connectivity index (χ0n) is 12.4. The highest BCUT2D eigenvalue weighted by Gasteiger charge is 2.41. The minimum atomic E-state index is -0.719. The fourth-order valence-electron chi connectivity index (χ4n) is 3.02. The highest BCUT2D eigenvalue weighted by atomic mass is 16.4. The number of aromatic nitrogens is 1. The lowest BCUT2D eigenvalue weighted by Crippen LogP contribution is -2.47. The van der Waals surface area contributed by atoms with Gasteiger partial charge in [0.2, 0.25) is 5.91 Å². The summed E-state index contributed by atoms with van der Waals surface area (Å²) in [6, 6.07) is 3.70. The Bertz CT molecular complexity index is 494. The van der Waals surface area contributed by atoms with Crippen LogP contribution in [-0.4, -0.2) is 40.0 Å². The van der Waals surface area contributed by atoms with E-state index in [1.165, 1.54) is 0 Å². The normalized spacial score (nSPS) is 17.5. The van der Waals surface area contributed by atoms with Gasteiger partial charge in [-0.1, -0.05) is 19.4 Å². The molecule has 114 valence electrons. The van der Waals surface area contributed by atoms with Crippen molar-refractivity contribution in [2.24, 2.45) is 5.41 Å². The molecule has 1 aromatic rings. The molecule has 1 amide bonds. The number of nitrogens with zero attached hydrogens (tertiary/aromatic N) is 2.